The third-order valence-corrected chi connectivity index (χ3v) is 5.78. The van der Waals surface area contributed by atoms with E-state index in [1.807, 2.05) is 0 Å². The fraction of sp³-hybridized carbons (Fsp3) is 0.375. The number of nitrogens with one attached hydrogen (secondary N) is 2. The molecule has 0 spiro atoms. The second-order valence-corrected chi connectivity index (χ2v) is 8.25. The lowest BCUT2D eigenvalue weighted by atomic mass is 9.87. The minimum atomic E-state index is -0.743. The molecule has 1 saturated carbocycles. The van der Waals surface area contributed by atoms with E-state index in [9.17, 15) is 14.4 Å². The van der Waals surface area contributed by atoms with Crippen LogP contribution in [0.25, 0.3) is 0 Å². The summed E-state index contributed by atoms with van der Waals surface area (Å²) in [6.07, 6.45) is 2.62. The fourth-order valence-corrected chi connectivity index (χ4v) is 3.87. The summed E-state index contributed by atoms with van der Waals surface area (Å²) < 4.78 is 11.1. The van der Waals surface area contributed by atoms with Gasteiger partial charge in [-0.25, -0.2) is 0 Å². The van der Waals surface area contributed by atoms with Gasteiger partial charge in [0.05, 0.1) is 24.7 Å². The Bertz CT molecular complexity index is 987. The molecule has 1 aliphatic carbocycles. The molecule has 0 saturated heterocycles. The topological polar surface area (TPSA) is 114 Å². The zero-order chi connectivity index (χ0) is 23.8. The SMILES string of the molecule is COc1cc(Cl)ccc1C(=O)NCCNC(=O)c1ccc(OC2CCC(C(=O)O)CC2)cc1. The third kappa shape index (κ3) is 6.86. The van der Waals surface area contributed by atoms with Crippen LogP contribution >= 0.6 is 11.6 Å². The maximum Gasteiger partial charge on any atom is 0.306 e. The molecule has 0 unspecified atom stereocenters. The first kappa shape index (κ1) is 24.4. The number of amides is 2. The zero-order valence-electron chi connectivity index (χ0n) is 18.3. The molecule has 1 fully saturated rings. The summed E-state index contributed by atoms with van der Waals surface area (Å²) in [7, 11) is 1.46. The van der Waals surface area contributed by atoms with Crippen LogP contribution in [-0.2, 0) is 4.79 Å². The Hall–Kier alpha value is -3.26. The van der Waals surface area contributed by atoms with Crippen LogP contribution in [0.1, 0.15) is 46.4 Å². The molecule has 176 valence electrons. The number of carbonyl (C=O) groups excluding carboxylic acids is 2. The maximum atomic E-state index is 12.3. The van der Waals surface area contributed by atoms with E-state index in [0.29, 0.717) is 53.3 Å². The van der Waals surface area contributed by atoms with Crippen molar-refractivity contribution in [3.05, 3.63) is 58.6 Å². The van der Waals surface area contributed by atoms with Gasteiger partial charge >= 0.3 is 5.97 Å². The minimum absolute atomic E-state index is 0.0110. The highest BCUT2D eigenvalue weighted by atomic mass is 35.5. The van der Waals surface area contributed by atoms with Gasteiger partial charge in [-0.15, -0.1) is 0 Å². The highest BCUT2D eigenvalue weighted by Crippen LogP contribution is 2.28. The van der Waals surface area contributed by atoms with E-state index in [-0.39, 0.29) is 36.9 Å². The van der Waals surface area contributed by atoms with Gasteiger partial charge in [0.1, 0.15) is 11.5 Å². The summed E-state index contributed by atoms with van der Waals surface area (Å²) in [5.74, 6) is -0.587. The summed E-state index contributed by atoms with van der Waals surface area (Å²) in [6, 6.07) is 11.5. The van der Waals surface area contributed by atoms with E-state index in [2.05, 4.69) is 10.6 Å². The first-order valence-electron chi connectivity index (χ1n) is 10.8. The summed E-state index contributed by atoms with van der Waals surface area (Å²) in [6.45, 7) is 0.502. The van der Waals surface area contributed by atoms with Crippen LogP contribution in [0.2, 0.25) is 5.02 Å². The van der Waals surface area contributed by atoms with E-state index < -0.39 is 5.97 Å². The predicted octanol–water partition coefficient (Wildman–Crippen LogP) is 3.53. The number of ether oxygens (including phenoxy) is 2. The van der Waals surface area contributed by atoms with Crippen molar-refractivity contribution in [2.45, 2.75) is 31.8 Å². The van der Waals surface area contributed by atoms with E-state index >= 15 is 0 Å². The van der Waals surface area contributed by atoms with Crippen molar-refractivity contribution in [1.82, 2.24) is 10.6 Å². The Morgan fingerprint density at radius 1 is 0.970 bits per heavy atom. The van der Waals surface area contributed by atoms with Crippen molar-refractivity contribution in [3.8, 4) is 11.5 Å². The van der Waals surface area contributed by atoms with E-state index in [1.165, 1.54) is 7.11 Å². The molecule has 0 radical (unpaired) electrons. The normalized spacial score (nSPS) is 17.6. The van der Waals surface area contributed by atoms with Crippen molar-refractivity contribution >= 4 is 29.4 Å². The number of carboxylic acid groups (broad SMARTS) is 1. The standard InChI is InChI=1S/C24H27ClN2O6/c1-32-21-14-17(25)6-11-20(21)23(29)27-13-12-26-22(28)15-2-7-18(8-3-15)33-19-9-4-16(5-10-19)24(30)31/h2-3,6-8,11,14,16,19H,4-5,9-10,12-13H2,1H3,(H,26,28)(H,27,29)(H,30,31). The van der Waals surface area contributed by atoms with Crippen LogP contribution in [0.4, 0.5) is 0 Å². The molecule has 9 heteroatoms. The van der Waals surface area contributed by atoms with Crippen LogP contribution in [0, 0.1) is 5.92 Å². The molecule has 0 aromatic heterocycles. The molecule has 2 amide bonds. The zero-order valence-corrected chi connectivity index (χ0v) is 19.1. The third-order valence-electron chi connectivity index (χ3n) is 5.55. The van der Waals surface area contributed by atoms with Crippen LogP contribution in [-0.4, -0.2) is 49.2 Å². The monoisotopic (exact) mass is 474 g/mol. The fourth-order valence-electron chi connectivity index (χ4n) is 3.71. The lowest BCUT2D eigenvalue weighted by Crippen LogP contribution is -2.34. The average molecular weight is 475 g/mol. The molecule has 0 aliphatic heterocycles. The predicted molar refractivity (Wildman–Crippen MR) is 123 cm³/mol. The van der Waals surface area contributed by atoms with Crippen LogP contribution in [0.3, 0.4) is 0 Å². The number of rotatable bonds is 9. The Labute approximate surface area is 197 Å². The van der Waals surface area contributed by atoms with Crippen molar-refractivity contribution in [1.29, 1.82) is 0 Å². The van der Waals surface area contributed by atoms with Gasteiger partial charge in [-0.3, -0.25) is 14.4 Å². The second-order valence-electron chi connectivity index (χ2n) is 7.81. The van der Waals surface area contributed by atoms with Crippen molar-refractivity contribution in [2.24, 2.45) is 5.92 Å². The molecule has 2 aromatic carbocycles. The lowest BCUT2D eigenvalue weighted by molar-refractivity contribution is -0.143. The number of aliphatic carboxylic acids is 1. The van der Waals surface area contributed by atoms with Crippen LogP contribution < -0.4 is 20.1 Å². The molecule has 2 aromatic rings. The van der Waals surface area contributed by atoms with Crippen molar-refractivity contribution < 1.29 is 29.0 Å². The number of hydrogen-bond donors (Lipinski definition) is 3. The Balaban J connectivity index is 1.41. The van der Waals surface area contributed by atoms with E-state index in [1.54, 1.807) is 42.5 Å². The maximum absolute atomic E-state index is 12.3. The minimum Gasteiger partial charge on any atom is -0.496 e. The molecular formula is C24H27ClN2O6. The quantitative estimate of drug-likeness (QED) is 0.479. The lowest BCUT2D eigenvalue weighted by Gasteiger charge is -2.26. The Morgan fingerprint density at radius 2 is 1.61 bits per heavy atom. The average Bonchev–Trinajstić information content (AvgIpc) is 2.82. The first-order valence-corrected chi connectivity index (χ1v) is 11.1. The molecule has 0 heterocycles. The van der Waals surface area contributed by atoms with Crippen molar-refractivity contribution in [2.75, 3.05) is 20.2 Å². The highest BCUT2D eigenvalue weighted by molar-refractivity contribution is 6.30. The van der Waals surface area contributed by atoms with Gasteiger partial charge in [0, 0.05) is 23.7 Å². The summed E-state index contributed by atoms with van der Waals surface area (Å²) >= 11 is 5.91. The smallest absolute Gasteiger partial charge is 0.306 e. The number of benzene rings is 2. The van der Waals surface area contributed by atoms with Gasteiger partial charge in [-0.2, -0.15) is 0 Å². The summed E-state index contributed by atoms with van der Waals surface area (Å²) in [4.78, 5) is 35.7. The van der Waals surface area contributed by atoms with E-state index in [0.717, 1.165) is 0 Å². The number of methoxy groups -OCH3 is 1. The number of halogens is 1. The number of hydrogen-bond acceptors (Lipinski definition) is 5. The van der Waals surface area contributed by atoms with Crippen LogP contribution in [0.15, 0.2) is 42.5 Å². The van der Waals surface area contributed by atoms with Gasteiger partial charge in [-0.1, -0.05) is 11.6 Å². The van der Waals surface area contributed by atoms with Gasteiger partial charge in [0.2, 0.25) is 0 Å². The molecule has 1 aliphatic rings. The molecular weight excluding hydrogens is 448 g/mol. The molecule has 33 heavy (non-hydrogen) atoms. The van der Waals surface area contributed by atoms with Crippen molar-refractivity contribution in [3.63, 3.8) is 0 Å². The van der Waals surface area contributed by atoms with Gasteiger partial charge in [0.25, 0.3) is 11.8 Å². The van der Waals surface area contributed by atoms with Gasteiger partial charge < -0.3 is 25.2 Å². The number of carboxylic acids is 1. The first-order chi connectivity index (χ1) is 15.9. The largest absolute Gasteiger partial charge is 0.496 e. The van der Waals surface area contributed by atoms with Gasteiger partial charge in [-0.05, 0) is 68.1 Å². The highest BCUT2D eigenvalue weighted by Gasteiger charge is 2.26. The number of carbonyl (C=O) groups is 3. The molecule has 3 rings (SSSR count). The van der Waals surface area contributed by atoms with Gasteiger partial charge in [0.15, 0.2) is 0 Å². The molecule has 0 bridgehead atoms. The molecule has 3 N–H and O–H groups in total. The Morgan fingerprint density at radius 3 is 2.21 bits per heavy atom. The Kier molecular flexibility index (Phi) is 8.54. The molecule has 0 atom stereocenters. The summed E-state index contributed by atoms with van der Waals surface area (Å²) in [5, 5.41) is 15.0. The second kappa shape index (κ2) is 11.6. The molecule has 8 nitrogen and oxygen atoms in total. The van der Waals surface area contributed by atoms with Crippen LogP contribution in [0.5, 0.6) is 11.5 Å². The van der Waals surface area contributed by atoms with E-state index in [4.69, 9.17) is 26.2 Å². The summed E-state index contributed by atoms with van der Waals surface area (Å²) in [5.41, 5.74) is 0.836.